The van der Waals surface area contributed by atoms with Crippen LogP contribution in [0.5, 0.6) is 5.75 Å². The van der Waals surface area contributed by atoms with Gasteiger partial charge in [0, 0.05) is 5.56 Å². The Bertz CT molecular complexity index is 842. The molecule has 8 heteroatoms. The first kappa shape index (κ1) is 17.0. The van der Waals surface area contributed by atoms with Crippen LogP contribution in [0, 0.1) is 0 Å². The van der Waals surface area contributed by atoms with Crippen LogP contribution >= 0.6 is 0 Å². The van der Waals surface area contributed by atoms with Crippen LogP contribution < -0.4 is 4.18 Å². The van der Waals surface area contributed by atoms with Gasteiger partial charge >= 0.3 is 16.3 Å². The minimum absolute atomic E-state index is 0.182. The Kier molecular flexibility index (Phi) is 4.46. The van der Waals surface area contributed by atoms with Gasteiger partial charge in [-0.15, -0.1) is 0 Å². The number of ketones is 1. The van der Waals surface area contributed by atoms with E-state index < -0.39 is 26.8 Å². The molecule has 0 heterocycles. The Morgan fingerprint density at radius 2 is 1.70 bits per heavy atom. The first-order valence-corrected chi connectivity index (χ1v) is 7.74. The van der Waals surface area contributed by atoms with Crippen LogP contribution in [0.4, 0.5) is 13.2 Å². The van der Waals surface area contributed by atoms with Crippen molar-refractivity contribution in [2.75, 3.05) is 0 Å². The lowest BCUT2D eigenvalue weighted by Gasteiger charge is -2.13. The summed E-state index contributed by atoms with van der Waals surface area (Å²) in [7, 11) is -4.70. The molecule has 4 nitrogen and oxygen atoms in total. The largest absolute Gasteiger partial charge is 0.417 e. The molecule has 122 valence electrons. The summed E-state index contributed by atoms with van der Waals surface area (Å²) >= 11 is 0. The number of carbonyl (C=O) groups excluding carboxylic acids is 1. The van der Waals surface area contributed by atoms with E-state index in [1.807, 2.05) is 0 Å². The number of benzene rings is 2. The standard InChI is InChI=1S/C15H11F3O4S/c1-10(19)11-5-4-6-12(9-11)22-23(20,21)14-8-3-2-7-13(14)15(16,17)18/h2-9H,1H3. The second-order valence-corrected chi connectivity index (χ2v) is 6.13. The molecule has 23 heavy (non-hydrogen) atoms. The average Bonchev–Trinajstić information content (AvgIpc) is 2.46. The van der Waals surface area contributed by atoms with Gasteiger partial charge in [0.25, 0.3) is 0 Å². The maximum absolute atomic E-state index is 12.9. The molecule has 0 aliphatic heterocycles. The minimum Gasteiger partial charge on any atom is -0.379 e. The Morgan fingerprint density at radius 1 is 1.04 bits per heavy atom. The van der Waals surface area contributed by atoms with E-state index in [4.69, 9.17) is 4.18 Å². The molecule has 0 amide bonds. The molecule has 0 aliphatic carbocycles. The van der Waals surface area contributed by atoms with Crippen molar-refractivity contribution in [1.82, 2.24) is 0 Å². The smallest absolute Gasteiger partial charge is 0.379 e. The fourth-order valence-corrected chi connectivity index (χ4v) is 3.00. The minimum atomic E-state index is -4.84. The third kappa shape index (κ3) is 3.89. The van der Waals surface area contributed by atoms with E-state index in [-0.39, 0.29) is 17.1 Å². The van der Waals surface area contributed by atoms with Gasteiger partial charge < -0.3 is 4.18 Å². The highest BCUT2D eigenvalue weighted by Gasteiger charge is 2.37. The fraction of sp³-hybridized carbons (Fsp3) is 0.133. The van der Waals surface area contributed by atoms with E-state index in [0.29, 0.717) is 6.07 Å². The van der Waals surface area contributed by atoms with Crippen molar-refractivity contribution in [2.24, 2.45) is 0 Å². The summed E-state index contributed by atoms with van der Waals surface area (Å²) in [4.78, 5) is 10.3. The topological polar surface area (TPSA) is 60.4 Å². The number of Topliss-reactive ketones (excluding diaryl/α,β-unsaturated/α-hetero) is 1. The fourth-order valence-electron chi connectivity index (χ4n) is 1.86. The normalized spacial score (nSPS) is 12.0. The van der Waals surface area contributed by atoms with E-state index in [0.717, 1.165) is 24.3 Å². The Balaban J connectivity index is 2.45. The molecule has 0 unspecified atom stereocenters. The number of alkyl halides is 3. The van der Waals surface area contributed by atoms with Crippen molar-refractivity contribution in [3.63, 3.8) is 0 Å². The summed E-state index contributed by atoms with van der Waals surface area (Å²) < 4.78 is 67.8. The van der Waals surface area contributed by atoms with Crippen LogP contribution in [0.25, 0.3) is 0 Å². The lowest BCUT2D eigenvalue weighted by Crippen LogP contribution is -2.17. The van der Waals surface area contributed by atoms with Gasteiger partial charge in [0.1, 0.15) is 10.6 Å². The van der Waals surface area contributed by atoms with Gasteiger partial charge in [0.2, 0.25) is 0 Å². The number of hydrogen-bond acceptors (Lipinski definition) is 4. The number of rotatable bonds is 4. The molecule has 0 saturated heterocycles. The quantitative estimate of drug-likeness (QED) is 0.627. The van der Waals surface area contributed by atoms with Gasteiger partial charge in [0.05, 0.1) is 5.56 Å². The van der Waals surface area contributed by atoms with Crippen molar-refractivity contribution >= 4 is 15.9 Å². The van der Waals surface area contributed by atoms with E-state index in [2.05, 4.69) is 0 Å². The number of carbonyl (C=O) groups is 1. The second-order valence-electron chi connectivity index (χ2n) is 4.62. The van der Waals surface area contributed by atoms with E-state index >= 15 is 0 Å². The van der Waals surface area contributed by atoms with Gasteiger partial charge in [-0.3, -0.25) is 4.79 Å². The Morgan fingerprint density at radius 3 is 2.30 bits per heavy atom. The van der Waals surface area contributed by atoms with Crippen LogP contribution in [0.3, 0.4) is 0 Å². The lowest BCUT2D eigenvalue weighted by atomic mass is 10.1. The lowest BCUT2D eigenvalue weighted by molar-refractivity contribution is -0.139. The highest BCUT2D eigenvalue weighted by molar-refractivity contribution is 7.87. The molecule has 0 aliphatic rings. The summed E-state index contributed by atoms with van der Waals surface area (Å²) in [6.07, 6.45) is -4.84. The van der Waals surface area contributed by atoms with Crippen molar-refractivity contribution < 1.29 is 30.6 Å². The molecular weight excluding hydrogens is 333 g/mol. The highest BCUT2D eigenvalue weighted by Crippen LogP contribution is 2.35. The third-order valence-electron chi connectivity index (χ3n) is 2.91. The molecule has 2 rings (SSSR count). The maximum Gasteiger partial charge on any atom is 0.417 e. The van der Waals surface area contributed by atoms with Crippen LogP contribution in [0.2, 0.25) is 0 Å². The zero-order valence-corrected chi connectivity index (χ0v) is 12.6. The predicted molar refractivity (Wildman–Crippen MR) is 75.7 cm³/mol. The van der Waals surface area contributed by atoms with Gasteiger partial charge in [-0.2, -0.15) is 21.6 Å². The van der Waals surface area contributed by atoms with Crippen LogP contribution in [0.15, 0.2) is 53.4 Å². The van der Waals surface area contributed by atoms with E-state index in [1.54, 1.807) is 0 Å². The van der Waals surface area contributed by atoms with Crippen molar-refractivity contribution in [3.05, 3.63) is 59.7 Å². The molecule has 0 spiro atoms. The molecular formula is C15H11F3O4S. The summed E-state index contributed by atoms with van der Waals surface area (Å²) in [6.45, 7) is 1.27. The summed E-state index contributed by atoms with van der Waals surface area (Å²) in [5, 5.41) is 0. The molecule has 0 saturated carbocycles. The maximum atomic E-state index is 12.9. The molecule has 2 aromatic rings. The molecule has 0 bridgehead atoms. The first-order chi connectivity index (χ1) is 10.6. The van der Waals surface area contributed by atoms with Crippen molar-refractivity contribution in [1.29, 1.82) is 0 Å². The molecule has 0 atom stereocenters. The van der Waals surface area contributed by atoms with Gasteiger partial charge in [-0.1, -0.05) is 24.3 Å². The predicted octanol–water partition coefficient (Wildman–Crippen LogP) is 3.68. The zero-order valence-electron chi connectivity index (χ0n) is 11.8. The number of halogens is 3. The Hall–Kier alpha value is -2.35. The van der Waals surface area contributed by atoms with Crippen LogP contribution in [0.1, 0.15) is 22.8 Å². The summed E-state index contributed by atoms with van der Waals surface area (Å²) in [5.74, 6) is -0.571. The second kappa shape index (κ2) is 6.04. The van der Waals surface area contributed by atoms with E-state index in [1.165, 1.54) is 25.1 Å². The number of hydrogen-bond donors (Lipinski definition) is 0. The molecule has 0 N–H and O–H groups in total. The molecule has 2 aromatic carbocycles. The summed E-state index contributed by atoms with van der Waals surface area (Å²) in [5.41, 5.74) is -1.13. The Labute approximate surface area is 130 Å². The molecule has 0 radical (unpaired) electrons. The van der Waals surface area contributed by atoms with Crippen molar-refractivity contribution in [3.8, 4) is 5.75 Å². The van der Waals surface area contributed by atoms with Gasteiger partial charge in [-0.25, -0.2) is 0 Å². The van der Waals surface area contributed by atoms with Crippen molar-refractivity contribution in [2.45, 2.75) is 18.0 Å². The first-order valence-electron chi connectivity index (χ1n) is 6.33. The average molecular weight is 344 g/mol. The third-order valence-corrected chi connectivity index (χ3v) is 4.21. The zero-order chi connectivity index (χ0) is 17.3. The monoisotopic (exact) mass is 344 g/mol. The van der Waals surface area contributed by atoms with E-state index in [9.17, 15) is 26.4 Å². The molecule has 0 aromatic heterocycles. The highest BCUT2D eigenvalue weighted by atomic mass is 32.2. The molecule has 0 fully saturated rings. The van der Waals surface area contributed by atoms with Crippen LogP contribution in [-0.4, -0.2) is 14.2 Å². The summed E-state index contributed by atoms with van der Waals surface area (Å²) in [6, 6.07) is 8.91. The van der Waals surface area contributed by atoms with Gasteiger partial charge in [-0.05, 0) is 31.2 Å². The van der Waals surface area contributed by atoms with Gasteiger partial charge in [0.15, 0.2) is 5.78 Å². The van der Waals surface area contributed by atoms with Crippen LogP contribution in [-0.2, 0) is 16.3 Å². The SMILES string of the molecule is CC(=O)c1cccc(OS(=O)(=O)c2ccccc2C(F)(F)F)c1.